The molecule has 28 heavy (non-hydrogen) atoms. The number of carbonyl (C=O) groups excluding carboxylic acids is 2. The Morgan fingerprint density at radius 3 is 2.54 bits per heavy atom. The zero-order valence-corrected chi connectivity index (χ0v) is 15.5. The molecular formula is C18H24N6O4. The third-order valence-electron chi connectivity index (χ3n) is 3.37. The van der Waals surface area contributed by atoms with Gasteiger partial charge in [-0.25, -0.2) is 0 Å². The fourth-order valence-corrected chi connectivity index (χ4v) is 2.09. The summed E-state index contributed by atoms with van der Waals surface area (Å²) in [5.74, 6) is 0.729. The van der Waals surface area contributed by atoms with Gasteiger partial charge in [-0.1, -0.05) is 0 Å². The molecule has 0 aliphatic heterocycles. The van der Waals surface area contributed by atoms with Crippen molar-refractivity contribution in [1.82, 2.24) is 26.6 Å². The summed E-state index contributed by atoms with van der Waals surface area (Å²) in [7, 11) is 0. The maximum Gasteiger partial charge on any atom is 0.249 e. The van der Waals surface area contributed by atoms with Gasteiger partial charge in [0.1, 0.15) is 11.5 Å². The second-order valence-electron chi connectivity index (χ2n) is 5.73. The molecule has 0 bridgehead atoms. The summed E-state index contributed by atoms with van der Waals surface area (Å²) in [6.45, 7) is 1.89. The van der Waals surface area contributed by atoms with E-state index in [0.717, 1.165) is 11.4 Å². The van der Waals surface area contributed by atoms with Gasteiger partial charge in [0.2, 0.25) is 11.8 Å². The number of aliphatic hydroxyl groups is 1. The fourth-order valence-electron chi connectivity index (χ4n) is 2.09. The fraction of sp³-hybridized carbons (Fsp3) is 0.278. The first kappa shape index (κ1) is 21.1. The van der Waals surface area contributed by atoms with Crippen LogP contribution < -0.4 is 31.8 Å². The standard InChI is InChI=1S/C18H24N6O4/c1-13-10-16(6-7-20-13)28-15-4-2-14(3-5-15)22-24-23-18(27)12-19-11-17(26)21-8-9-25/h2-7,10,19,22,24-25H,8-9,11-12H2,1H3,(H,21,26)(H,23,27). The molecule has 0 saturated carbocycles. The molecule has 1 aromatic carbocycles. The van der Waals surface area contributed by atoms with Crippen LogP contribution in [0.3, 0.4) is 0 Å². The molecule has 0 aliphatic carbocycles. The van der Waals surface area contributed by atoms with E-state index in [1.54, 1.807) is 36.5 Å². The van der Waals surface area contributed by atoms with Crippen molar-refractivity contribution in [3.63, 3.8) is 0 Å². The van der Waals surface area contributed by atoms with Crippen molar-refractivity contribution in [2.24, 2.45) is 0 Å². The van der Waals surface area contributed by atoms with Gasteiger partial charge in [0.15, 0.2) is 0 Å². The molecule has 2 amide bonds. The number of ether oxygens (including phenoxy) is 1. The number of hydrogen-bond acceptors (Lipinski definition) is 8. The number of aliphatic hydroxyl groups excluding tert-OH is 1. The van der Waals surface area contributed by atoms with Crippen LogP contribution in [0, 0.1) is 6.92 Å². The quantitative estimate of drug-likeness (QED) is 0.292. The monoisotopic (exact) mass is 388 g/mol. The number of aromatic nitrogens is 1. The minimum atomic E-state index is -0.351. The highest BCUT2D eigenvalue weighted by molar-refractivity contribution is 5.80. The Hall–Kier alpha value is -3.21. The third-order valence-corrected chi connectivity index (χ3v) is 3.37. The van der Waals surface area contributed by atoms with E-state index in [1.165, 1.54) is 0 Å². The lowest BCUT2D eigenvalue weighted by Crippen LogP contribution is -2.46. The van der Waals surface area contributed by atoms with Crippen molar-refractivity contribution in [3.8, 4) is 11.5 Å². The molecule has 0 unspecified atom stereocenters. The Balaban J connectivity index is 1.65. The number of benzene rings is 1. The number of hydrogen-bond donors (Lipinski definition) is 6. The first-order valence-corrected chi connectivity index (χ1v) is 8.65. The lowest BCUT2D eigenvalue weighted by Gasteiger charge is -2.11. The Bertz CT molecular complexity index is 769. The van der Waals surface area contributed by atoms with Gasteiger partial charge in [-0.15, -0.1) is 5.53 Å². The van der Waals surface area contributed by atoms with Gasteiger partial charge in [0.25, 0.3) is 0 Å². The molecule has 150 valence electrons. The molecule has 0 atom stereocenters. The smallest absolute Gasteiger partial charge is 0.249 e. The Morgan fingerprint density at radius 2 is 1.82 bits per heavy atom. The van der Waals surface area contributed by atoms with Crippen LogP contribution >= 0.6 is 0 Å². The van der Waals surface area contributed by atoms with Crippen molar-refractivity contribution < 1.29 is 19.4 Å². The topological polar surface area (TPSA) is 137 Å². The number of aryl methyl sites for hydroxylation is 1. The molecule has 1 heterocycles. The number of nitrogens with one attached hydrogen (secondary N) is 5. The first-order chi connectivity index (χ1) is 13.6. The summed E-state index contributed by atoms with van der Waals surface area (Å²) >= 11 is 0. The predicted octanol–water partition coefficient (Wildman–Crippen LogP) is -0.172. The zero-order chi connectivity index (χ0) is 20.2. The Morgan fingerprint density at radius 1 is 1.07 bits per heavy atom. The van der Waals surface area contributed by atoms with Crippen LogP contribution in [0.4, 0.5) is 5.69 Å². The number of anilines is 1. The molecular weight excluding hydrogens is 364 g/mol. The van der Waals surface area contributed by atoms with E-state index in [9.17, 15) is 9.59 Å². The highest BCUT2D eigenvalue weighted by Crippen LogP contribution is 2.22. The highest BCUT2D eigenvalue weighted by Gasteiger charge is 2.03. The highest BCUT2D eigenvalue weighted by atomic mass is 16.5. The molecule has 6 N–H and O–H groups in total. The summed E-state index contributed by atoms with van der Waals surface area (Å²) in [6.07, 6.45) is 1.68. The zero-order valence-electron chi connectivity index (χ0n) is 15.5. The van der Waals surface area contributed by atoms with Gasteiger partial charge < -0.3 is 20.6 Å². The number of amides is 2. The van der Waals surface area contributed by atoms with Crippen molar-refractivity contribution in [1.29, 1.82) is 0 Å². The van der Waals surface area contributed by atoms with Gasteiger partial charge in [0, 0.05) is 24.5 Å². The molecule has 10 nitrogen and oxygen atoms in total. The van der Waals surface area contributed by atoms with E-state index in [2.05, 4.69) is 32.0 Å². The number of pyridine rings is 1. The first-order valence-electron chi connectivity index (χ1n) is 8.65. The van der Waals surface area contributed by atoms with E-state index in [1.807, 2.05) is 13.0 Å². The predicted molar refractivity (Wildman–Crippen MR) is 103 cm³/mol. The van der Waals surface area contributed by atoms with Crippen molar-refractivity contribution in [3.05, 3.63) is 48.3 Å². The van der Waals surface area contributed by atoms with Gasteiger partial charge in [0.05, 0.1) is 25.4 Å². The summed E-state index contributed by atoms with van der Waals surface area (Å²) in [6, 6.07) is 10.8. The van der Waals surface area contributed by atoms with Gasteiger partial charge in [-0.05, 0) is 37.3 Å². The molecule has 0 spiro atoms. The Labute approximate surface area is 162 Å². The van der Waals surface area contributed by atoms with E-state index in [-0.39, 0.29) is 38.1 Å². The van der Waals surface area contributed by atoms with E-state index < -0.39 is 0 Å². The number of hydrazine groups is 2. The van der Waals surface area contributed by atoms with Crippen molar-refractivity contribution in [2.75, 3.05) is 31.7 Å². The van der Waals surface area contributed by atoms with E-state index >= 15 is 0 Å². The summed E-state index contributed by atoms with van der Waals surface area (Å²) < 4.78 is 5.73. The minimum absolute atomic E-state index is 0.0146. The van der Waals surface area contributed by atoms with Crippen LogP contribution in [0.2, 0.25) is 0 Å². The molecule has 1 aromatic heterocycles. The molecule has 0 fully saturated rings. The summed E-state index contributed by atoms with van der Waals surface area (Å²) in [5.41, 5.74) is 9.42. The maximum atomic E-state index is 11.6. The molecule has 0 aliphatic rings. The van der Waals surface area contributed by atoms with Gasteiger partial charge in [-0.3, -0.25) is 25.3 Å². The number of carbonyl (C=O) groups is 2. The minimum Gasteiger partial charge on any atom is -0.457 e. The second-order valence-corrected chi connectivity index (χ2v) is 5.73. The Kier molecular flexibility index (Phi) is 8.66. The van der Waals surface area contributed by atoms with Gasteiger partial charge in [-0.2, -0.15) is 0 Å². The second kappa shape index (κ2) is 11.5. The van der Waals surface area contributed by atoms with Crippen LogP contribution in [-0.2, 0) is 9.59 Å². The van der Waals surface area contributed by atoms with Crippen molar-refractivity contribution >= 4 is 17.5 Å². The molecule has 2 rings (SSSR count). The molecule has 2 aromatic rings. The van der Waals surface area contributed by atoms with Crippen molar-refractivity contribution in [2.45, 2.75) is 6.92 Å². The summed E-state index contributed by atoms with van der Waals surface area (Å²) in [5, 5.41) is 13.7. The van der Waals surface area contributed by atoms with Gasteiger partial charge >= 0.3 is 0 Å². The lowest BCUT2D eigenvalue weighted by atomic mass is 10.3. The average molecular weight is 388 g/mol. The van der Waals surface area contributed by atoms with Crippen LogP contribution in [0.15, 0.2) is 42.6 Å². The van der Waals surface area contributed by atoms with Crippen LogP contribution in [0.1, 0.15) is 5.69 Å². The third kappa shape index (κ3) is 7.99. The largest absolute Gasteiger partial charge is 0.457 e. The average Bonchev–Trinajstić information content (AvgIpc) is 2.68. The van der Waals surface area contributed by atoms with E-state index in [0.29, 0.717) is 11.5 Å². The maximum absolute atomic E-state index is 11.6. The van der Waals surface area contributed by atoms with Crippen LogP contribution in [0.5, 0.6) is 11.5 Å². The summed E-state index contributed by atoms with van der Waals surface area (Å²) in [4.78, 5) is 27.0. The molecule has 10 heteroatoms. The van der Waals surface area contributed by atoms with Crippen LogP contribution in [0.25, 0.3) is 0 Å². The number of nitrogens with zero attached hydrogens (tertiary/aromatic N) is 1. The molecule has 0 saturated heterocycles. The normalized spacial score (nSPS) is 10.2. The number of rotatable bonds is 11. The van der Waals surface area contributed by atoms with E-state index in [4.69, 9.17) is 9.84 Å². The lowest BCUT2D eigenvalue weighted by molar-refractivity contribution is -0.121. The SMILES string of the molecule is Cc1cc(Oc2ccc(NNNC(=O)CNCC(=O)NCCO)cc2)ccn1. The van der Waals surface area contributed by atoms with Crippen LogP contribution in [-0.4, -0.2) is 48.1 Å². The molecule has 0 radical (unpaired) electrons.